The second-order valence-electron chi connectivity index (χ2n) is 9.05. The van der Waals surface area contributed by atoms with Gasteiger partial charge in [0.15, 0.2) is 0 Å². The number of amides is 2. The van der Waals surface area contributed by atoms with E-state index in [1.165, 1.54) is 11.1 Å². The van der Waals surface area contributed by atoms with Crippen LogP contribution in [0, 0.1) is 5.92 Å². The highest BCUT2D eigenvalue weighted by atomic mass is 16.5. The van der Waals surface area contributed by atoms with Crippen molar-refractivity contribution in [1.29, 1.82) is 0 Å². The van der Waals surface area contributed by atoms with Crippen LogP contribution in [0.4, 0.5) is 4.79 Å². The molecule has 0 aliphatic heterocycles. The summed E-state index contributed by atoms with van der Waals surface area (Å²) in [5.74, 6) is -1.49. The first-order chi connectivity index (χ1) is 15.5. The molecule has 0 spiro atoms. The van der Waals surface area contributed by atoms with Gasteiger partial charge in [-0.25, -0.2) is 9.59 Å². The molecular weight excluding hydrogens is 408 g/mol. The molecule has 3 aliphatic carbocycles. The van der Waals surface area contributed by atoms with Gasteiger partial charge >= 0.3 is 12.1 Å². The van der Waals surface area contributed by atoms with Crippen LogP contribution in [-0.4, -0.2) is 41.3 Å². The molecule has 0 saturated heterocycles. The van der Waals surface area contributed by atoms with Crippen molar-refractivity contribution in [3.63, 3.8) is 0 Å². The molecule has 7 heteroatoms. The van der Waals surface area contributed by atoms with E-state index in [0.29, 0.717) is 32.1 Å². The smallest absolute Gasteiger partial charge is 0.407 e. The van der Waals surface area contributed by atoms with Crippen LogP contribution >= 0.6 is 0 Å². The van der Waals surface area contributed by atoms with Gasteiger partial charge in [0.25, 0.3) is 0 Å². The zero-order valence-electron chi connectivity index (χ0n) is 17.7. The Morgan fingerprint density at radius 3 is 2.19 bits per heavy atom. The van der Waals surface area contributed by atoms with E-state index in [1.54, 1.807) is 0 Å². The number of carbonyl (C=O) groups is 3. The second-order valence-corrected chi connectivity index (χ2v) is 9.05. The van der Waals surface area contributed by atoms with Crippen LogP contribution in [-0.2, 0) is 14.3 Å². The highest BCUT2D eigenvalue weighted by molar-refractivity contribution is 5.90. The fourth-order valence-electron chi connectivity index (χ4n) is 5.01. The lowest BCUT2D eigenvalue weighted by molar-refractivity contribution is -0.143. The third-order valence-corrected chi connectivity index (χ3v) is 6.99. The number of benzene rings is 2. The van der Waals surface area contributed by atoms with E-state index in [-0.39, 0.29) is 30.4 Å². The van der Waals surface area contributed by atoms with E-state index in [2.05, 4.69) is 34.9 Å². The molecule has 3 aliphatic rings. The molecule has 0 bridgehead atoms. The Kier molecular flexibility index (Phi) is 5.12. The van der Waals surface area contributed by atoms with Crippen LogP contribution in [0.5, 0.6) is 0 Å². The molecule has 32 heavy (non-hydrogen) atoms. The fraction of sp³-hybridized carbons (Fsp3) is 0.400. The first-order valence-electron chi connectivity index (χ1n) is 11.1. The molecule has 7 nitrogen and oxygen atoms in total. The Bertz CT molecular complexity index is 1030. The molecule has 0 radical (unpaired) electrons. The maximum absolute atomic E-state index is 12.5. The van der Waals surface area contributed by atoms with Gasteiger partial charge in [0.05, 0.1) is 0 Å². The number of ether oxygens (including phenoxy) is 1. The first kappa shape index (κ1) is 20.5. The number of fused-ring (bicyclic) bond motifs is 3. The van der Waals surface area contributed by atoms with Crippen LogP contribution in [0.1, 0.15) is 49.1 Å². The summed E-state index contributed by atoms with van der Waals surface area (Å²) in [5.41, 5.74) is 3.60. The summed E-state index contributed by atoms with van der Waals surface area (Å²) in [6, 6.07) is 16.2. The lowest BCUT2D eigenvalue weighted by Crippen LogP contribution is -2.45. The minimum Gasteiger partial charge on any atom is -0.480 e. The lowest BCUT2D eigenvalue weighted by Gasteiger charge is -2.18. The molecule has 2 aromatic carbocycles. The van der Waals surface area contributed by atoms with Gasteiger partial charge in [-0.15, -0.1) is 0 Å². The van der Waals surface area contributed by atoms with E-state index < -0.39 is 17.6 Å². The Hall–Kier alpha value is -3.35. The Balaban J connectivity index is 1.15. The molecular formula is C25H26N2O5. The number of carbonyl (C=O) groups excluding carboxylic acids is 2. The number of carboxylic acid groups (broad SMARTS) is 1. The average molecular weight is 434 g/mol. The highest BCUT2D eigenvalue weighted by Gasteiger charge is 2.52. The number of aliphatic carboxylic acids is 1. The molecule has 3 N–H and O–H groups in total. The van der Waals surface area contributed by atoms with Crippen molar-refractivity contribution in [2.24, 2.45) is 5.92 Å². The van der Waals surface area contributed by atoms with E-state index in [9.17, 15) is 19.5 Å². The SMILES string of the molecule is O=C(N[C@H]1CC[C@@H](C(=O)NC2(C(=O)O)CC2)C1)OCC1c2ccccc2-c2ccccc21. The van der Waals surface area contributed by atoms with Crippen molar-refractivity contribution in [2.75, 3.05) is 6.61 Å². The Morgan fingerprint density at radius 1 is 0.969 bits per heavy atom. The van der Waals surface area contributed by atoms with Gasteiger partial charge in [0.2, 0.25) is 5.91 Å². The summed E-state index contributed by atoms with van der Waals surface area (Å²) >= 11 is 0. The summed E-state index contributed by atoms with van der Waals surface area (Å²) in [4.78, 5) is 36.2. The topological polar surface area (TPSA) is 105 Å². The number of hydrogen-bond acceptors (Lipinski definition) is 4. The third-order valence-electron chi connectivity index (χ3n) is 6.99. The molecule has 0 heterocycles. The zero-order chi connectivity index (χ0) is 22.3. The minimum atomic E-state index is -1.07. The predicted molar refractivity (Wildman–Crippen MR) is 117 cm³/mol. The molecule has 2 aromatic rings. The van der Waals surface area contributed by atoms with Gasteiger partial charge in [-0.2, -0.15) is 0 Å². The molecule has 2 fully saturated rings. The van der Waals surface area contributed by atoms with Crippen LogP contribution in [0.25, 0.3) is 11.1 Å². The normalized spacial score (nSPS) is 22.5. The van der Waals surface area contributed by atoms with Crippen LogP contribution in [0.3, 0.4) is 0 Å². The summed E-state index contributed by atoms with van der Waals surface area (Å²) in [6.07, 6.45) is 2.25. The number of carboxylic acids is 1. The van der Waals surface area contributed by atoms with Crippen molar-refractivity contribution >= 4 is 18.0 Å². The van der Waals surface area contributed by atoms with Gasteiger partial charge in [0.1, 0.15) is 12.1 Å². The van der Waals surface area contributed by atoms with E-state index in [0.717, 1.165) is 11.1 Å². The Labute approximate surface area is 186 Å². The molecule has 0 unspecified atom stereocenters. The number of nitrogens with one attached hydrogen (secondary N) is 2. The average Bonchev–Trinajstić information content (AvgIpc) is 3.31. The van der Waals surface area contributed by atoms with Gasteiger partial charge < -0.3 is 20.5 Å². The van der Waals surface area contributed by atoms with Crippen LogP contribution < -0.4 is 10.6 Å². The van der Waals surface area contributed by atoms with E-state index in [4.69, 9.17) is 4.74 Å². The second kappa shape index (κ2) is 7.97. The largest absolute Gasteiger partial charge is 0.480 e. The molecule has 2 atom stereocenters. The quantitative estimate of drug-likeness (QED) is 0.646. The molecule has 166 valence electrons. The number of hydrogen-bond donors (Lipinski definition) is 3. The van der Waals surface area contributed by atoms with Crippen molar-refractivity contribution in [2.45, 2.75) is 49.6 Å². The lowest BCUT2D eigenvalue weighted by atomic mass is 9.98. The zero-order valence-corrected chi connectivity index (χ0v) is 17.7. The highest BCUT2D eigenvalue weighted by Crippen LogP contribution is 2.44. The molecule has 2 saturated carbocycles. The van der Waals surface area contributed by atoms with Gasteiger partial charge in [-0.3, -0.25) is 4.79 Å². The van der Waals surface area contributed by atoms with Crippen molar-refractivity contribution in [1.82, 2.24) is 10.6 Å². The van der Waals surface area contributed by atoms with E-state index >= 15 is 0 Å². The summed E-state index contributed by atoms with van der Waals surface area (Å²) < 4.78 is 5.59. The summed E-state index contributed by atoms with van der Waals surface area (Å²) in [6.45, 7) is 0.248. The van der Waals surface area contributed by atoms with Crippen LogP contribution in [0.15, 0.2) is 48.5 Å². The minimum absolute atomic E-state index is 0.000930. The summed E-state index contributed by atoms with van der Waals surface area (Å²) in [5, 5.41) is 14.8. The van der Waals surface area contributed by atoms with Crippen LogP contribution in [0.2, 0.25) is 0 Å². The first-order valence-corrected chi connectivity index (χ1v) is 11.1. The van der Waals surface area contributed by atoms with Gasteiger partial charge in [-0.05, 0) is 54.4 Å². The third kappa shape index (κ3) is 3.72. The fourth-order valence-corrected chi connectivity index (χ4v) is 5.01. The van der Waals surface area contributed by atoms with Gasteiger partial charge in [0, 0.05) is 17.9 Å². The summed E-state index contributed by atoms with van der Waals surface area (Å²) in [7, 11) is 0. The standard InChI is InChI=1S/C25H26N2O5/c28-22(27-25(11-12-25)23(29)30)15-9-10-16(13-15)26-24(31)32-14-21-19-7-3-1-5-17(19)18-6-2-4-8-20(18)21/h1-8,15-16,21H,9-14H2,(H,26,31)(H,27,28)(H,29,30)/t15-,16+/m1/s1. The monoisotopic (exact) mass is 434 g/mol. The Morgan fingerprint density at radius 2 is 1.59 bits per heavy atom. The maximum Gasteiger partial charge on any atom is 0.407 e. The number of rotatable bonds is 6. The van der Waals surface area contributed by atoms with E-state index in [1.807, 2.05) is 24.3 Å². The van der Waals surface area contributed by atoms with Crippen molar-refractivity contribution in [3.8, 4) is 11.1 Å². The molecule has 0 aromatic heterocycles. The van der Waals surface area contributed by atoms with Crippen molar-refractivity contribution in [3.05, 3.63) is 59.7 Å². The predicted octanol–water partition coefficient (Wildman–Crippen LogP) is 3.43. The number of alkyl carbamates (subject to hydrolysis) is 1. The molecule has 2 amide bonds. The molecule has 5 rings (SSSR count). The maximum atomic E-state index is 12.5. The van der Waals surface area contributed by atoms with Gasteiger partial charge in [-0.1, -0.05) is 48.5 Å². The van der Waals surface area contributed by atoms with Crippen molar-refractivity contribution < 1.29 is 24.2 Å².